The van der Waals surface area contributed by atoms with Crippen LogP contribution in [0.25, 0.3) is 0 Å². The quantitative estimate of drug-likeness (QED) is 0.440. The van der Waals surface area contributed by atoms with Crippen molar-refractivity contribution in [2.45, 2.75) is 12.8 Å². The third kappa shape index (κ3) is 4.53. The number of likely N-dealkylation sites (N-methyl/N-ethyl adjacent to an activating group) is 1. The molecule has 5 nitrogen and oxygen atoms in total. The summed E-state index contributed by atoms with van der Waals surface area (Å²) in [4.78, 5) is 9.11. The van der Waals surface area contributed by atoms with Gasteiger partial charge in [0.1, 0.15) is 0 Å². The Morgan fingerprint density at radius 2 is 2.12 bits per heavy atom. The van der Waals surface area contributed by atoms with Gasteiger partial charge in [0.15, 0.2) is 5.96 Å². The van der Waals surface area contributed by atoms with E-state index in [1.165, 1.54) is 18.5 Å². The second kappa shape index (κ2) is 8.89. The van der Waals surface area contributed by atoms with E-state index in [1.54, 1.807) is 0 Å². The number of likely N-dealkylation sites (tertiary alicyclic amines) is 1. The smallest absolute Gasteiger partial charge is 0.193 e. The van der Waals surface area contributed by atoms with Gasteiger partial charge in [0, 0.05) is 58.0 Å². The molecule has 0 aliphatic carbocycles. The van der Waals surface area contributed by atoms with Gasteiger partial charge in [0.2, 0.25) is 0 Å². The number of nitrogens with zero attached hydrogens (tertiary/aromatic N) is 3. The first-order chi connectivity index (χ1) is 11.2. The normalized spacial score (nSPS) is 23.4. The Hall–Kier alpha value is -1.02. The highest BCUT2D eigenvalue weighted by atomic mass is 127. The monoisotopic (exact) mass is 444 g/mol. The number of benzene rings is 1. The van der Waals surface area contributed by atoms with Gasteiger partial charge in [0.25, 0.3) is 0 Å². The number of aliphatic imine (C=N–C) groups is 1. The fourth-order valence-corrected chi connectivity index (χ4v) is 3.57. The number of guanidine groups is 1. The van der Waals surface area contributed by atoms with Crippen LogP contribution in [0.1, 0.15) is 12.8 Å². The maximum Gasteiger partial charge on any atom is 0.193 e. The molecule has 0 saturated carbocycles. The van der Waals surface area contributed by atoms with Crippen molar-refractivity contribution < 1.29 is 4.74 Å². The molecule has 6 heteroatoms. The Morgan fingerprint density at radius 3 is 2.79 bits per heavy atom. The minimum absolute atomic E-state index is 0. The summed E-state index contributed by atoms with van der Waals surface area (Å²) in [6.45, 7) is 5.82. The summed E-state index contributed by atoms with van der Waals surface area (Å²) in [5, 5.41) is 3.51. The highest BCUT2D eigenvalue weighted by molar-refractivity contribution is 14.0. The largest absolute Gasteiger partial charge is 0.381 e. The van der Waals surface area contributed by atoms with Crippen LogP contribution in [0.4, 0.5) is 5.69 Å². The SMILES string of the molecule is CN=C(NCCN(C)c1ccccc1)N1CCC2(CCOC2)C1.I. The maximum absolute atomic E-state index is 5.61. The summed E-state index contributed by atoms with van der Waals surface area (Å²) in [7, 11) is 4.00. The number of nitrogens with one attached hydrogen (secondary N) is 1. The third-order valence-electron chi connectivity index (χ3n) is 5.06. The first-order valence-electron chi connectivity index (χ1n) is 8.52. The number of ether oxygens (including phenoxy) is 1. The minimum atomic E-state index is 0. The lowest BCUT2D eigenvalue weighted by molar-refractivity contribution is 0.156. The molecule has 0 bridgehead atoms. The molecule has 134 valence electrons. The maximum atomic E-state index is 5.61. The van der Waals surface area contributed by atoms with Crippen LogP contribution in [-0.2, 0) is 4.74 Å². The average molecular weight is 444 g/mol. The molecule has 1 N–H and O–H groups in total. The van der Waals surface area contributed by atoms with Crippen LogP contribution >= 0.6 is 24.0 Å². The molecular weight excluding hydrogens is 415 g/mol. The number of rotatable bonds is 4. The fourth-order valence-electron chi connectivity index (χ4n) is 3.57. The summed E-state index contributed by atoms with van der Waals surface area (Å²) in [5.41, 5.74) is 1.62. The summed E-state index contributed by atoms with van der Waals surface area (Å²) in [5.74, 6) is 1.02. The van der Waals surface area contributed by atoms with Crippen LogP contribution in [-0.4, -0.2) is 64.3 Å². The van der Waals surface area contributed by atoms with Crippen LogP contribution < -0.4 is 10.2 Å². The van der Waals surface area contributed by atoms with Crippen LogP contribution in [0, 0.1) is 5.41 Å². The van der Waals surface area contributed by atoms with E-state index in [0.717, 1.165) is 45.4 Å². The predicted molar refractivity (Wildman–Crippen MR) is 111 cm³/mol. The molecule has 0 amide bonds. The molecule has 1 aromatic rings. The lowest BCUT2D eigenvalue weighted by atomic mass is 9.87. The van der Waals surface area contributed by atoms with Crippen LogP contribution in [0.15, 0.2) is 35.3 Å². The van der Waals surface area contributed by atoms with Crippen molar-refractivity contribution in [2.24, 2.45) is 10.4 Å². The molecule has 1 unspecified atom stereocenters. The van der Waals surface area contributed by atoms with Crippen LogP contribution in [0.3, 0.4) is 0 Å². The molecule has 2 saturated heterocycles. The number of anilines is 1. The lowest BCUT2D eigenvalue weighted by Gasteiger charge is -2.26. The van der Waals surface area contributed by atoms with Gasteiger partial charge in [-0.15, -0.1) is 24.0 Å². The highest BCUT2D eigenvalue weighted by Gasteiger charge is 2.42. The Kier molecular flexibility index (Phi) is 7.16. The molecule has 1 aromatic carbocycles. The summed E-state index contributed by atoms with van der Waals surface area (Å²) in [6, 6.07) is 10.5. The van der Waals surface area contributed by atoms with Gasteiger partial charge in [0.05, 0.1) is 6.61 Å². The van der Waals surface area contributed by atoms with Crippen molar-refractivity contribution in [3.05, 3.63) is 30.3 Å². The first kappa shape index (κ1) is 19.3. The van der Waals surface area contributed by atoms with E-state index in [2.05, 4.69) is 51.4 Å². The van der Waals surface area contributed by atoms with Gasteiger partial charge >= 0.3 is 0 Å². The zero-order valence-corrected chi connectivity index (χ0v) is 17.0. The standard InChI is InChI=1S/C18H28N4O.HI/c1-19-17(22-11-8-18(14-22)9-13-23-15-18)20-10-12-21(2)16-6-4-3-5-7-16;/h3-7H,8-15H2,1-2H3,(H,19,20);1H. The van der Waals surface area contributed by atoms with Gasteiger partial charge in [-0.2, -0.15) is 0 Å². The van der Waals surface area contributed by atoms with E-state index < -0.39 is 0 Å². The van der Waals surface area contributed by atoms with Crippen molar-refractivity contribution >= 4 is 35.6 Å². The minimum Gasteiger partial charge on any atom is -0.381 e. The van der Waals surface area contributed by atoms with Crippen LogP contribution in [0.5, 0.6) is 0 Å². The first-order valence-corrected chi connectivity index (χ1v) is 8.52. The molecule has 24 heavy (non-hydrogen) atoms. The second-order valence-corrected chi connectivity index (χ2v) is 6.71. The third-order valence-corrected chi connectivity index (χ3v) is 5.06. The molecule has 0 aromatic heterocycles. The van der Waals surface area contributed by atoms with Gasteiger partial charge in [-0.25, -0.2) is 0 Å². The number of para-hydroxylation sites is 1. The number of hydrogen-bond donors (Lipinski definition) is 1. The van der Waals surface area contributed by atoms with E-state index in [-0.39, 0.29) is 24.0 Å². The second-order valence-electron chi connectivity index (χ2n) is 6.71. The molecule has 0 radical (unpaired) electrons. The zero-order valence-electron chi connectivity index (χ0n) is 14.7. The molecule has 2 heterocycles. The Bertz CT molecular complexity index is 531. The Labute approximate surface area is 162 Å². The summed E-state index contributed by atoms with van der Waals surface area (Å²) >= 11 is 0. The molecule has 2 aliphatic heterocycles. The molecule has 3 rings (SSSR count). The van der Waals surface area contributed by atoms with Crippen molar-refractivity contribution in [1.29, 1.82) is 0 Å². The van der Waals surface area contributed by atoms with Crippen molar-refractivity contribution in [2.75, 3.05) is 58.4 Å². The molecule has 2 aliphatic rings. The van der Waals surface area contributed by atoms with E-state index in [1.807, 2.05) is 13.1 Å². The van der Waals surface area contributed by atoms with E-state index in [4.69, 9.17) is 4.74 Å². The molecule has 1 atom stereocenters. The fraction of sp³-hybridized carbons (Fsp3) is 0.611. The van der Waals surface area contributed by atoms with Crippen molar-refractivity contribution in [3.8, 4) is 0 Å². The predicted octanol–water partition coefficient (Wildman–Crippen LogP) is 2.43. The van der Waals surface area contributed by atoms with Gasteiger partial charge in [-0.1, -0.05) is 18.2 Å². The molecular formula is C18H29IN4O. The topological polar surface area (TPSA) is 40.1 Å². The van der Waals surface area contributed by atoms with Crippen molar-refractivity contribution in [1.82, 2.24) is 10.2 Å². The van der Waals surface area contributed by atoms with Gasteiger partial charge < -0.3 is 19.9 Å². The number of halogens is 1. The zero-order chi connectivity index (χ0) is 16.1. The lowest BCUT2D eigenvalue weighted by Crippen LogP contribution is -2.43. The van der Waals surface area contributed by atoms with E-state index in [9.17, 15) is 0 Å². The molecule has 1 spiro atoms. The Balaban J connectivity index is 0.00000208. The summed E-state index contributed by atoms with van der Waals surface area (Å²) in [6.07, 6.45) is 2.41. The molecule has 2 fully saturated rings. The van der Waals surface area contributed by atoms with Gasteiger partial charge in [-0.05, 0) is 25.0 Å². The Morgan fingerprint density at radius 1 is 1.33 bits per heavy atom. The summed E-state index contributed by atoms with van der Waals surface area (Å²) < 4.78 is 5.61. The van der Waals surface area contributed by atoms with Gasteiger partial charge in [-0.3, -0.25) is 4.99 Å². The van der Waals surface area contributed by atoms with E-state index >= 15 is 0 Å². The van der Waals surface area contributed by atoms with Crippen molar-refractivity contribution in [3.63, 3.8) is 0 Å². The highest BCUT2D eigenvalue weighted by Crippen LogP contribution is 2.38. The van der Waals surface area contributed by atoms with E-state index in [0.29, 0.717) is 5.41 Å². The van der Waals surface area contributed by atoms with Crippen LogP contribution in [0.2, 0.25) is 0 Å². The number of hydrogen-bond acceptors (Lipinski definition) is 3. The average Bonchev–Trinajstić information content (AvgIpc) is 3.22.